The van der Waals surface area contributed by atoms with Gasteiger partial charge in [-0.1, -0.05) is 6.07 Å². The van der Waals surface area contributed by atoms with Gasteiger partial charge in [-0.25, -0.2) is 0 Å². The van der Waals surface area contributed by atoms with Crippen molar-refractivity contribution in [1.82, 2.24) is 10.3 Å². The van der Waals surface area contributed by atoms with Crippen LogP contribution < -0.4 is 5.32 Å². The quantitative estimate of drug-likeness (QED) is 0.558. The van der Waals surface area contributed by atoms with Crippen LogP contribution in [0.4, 0.5) is 0 Å². The van der Waals surface area contributed by atoms with Crippen molar-refractivity contribution in [2.24, 2.45) is 0 Å². The van der Waals surface area contributed by atoms with Gasteiger partial charge in [-0.15, -0.1) is 11.6 Å². The van der Waals surface area contributed by atoms with Crippen LogP contribution in [0.15, 0.2) is 24.5 Å². The average Bonchev–Trinajstić information content (AvgIpc) is 2.19. The SMILES string of the molecule is ClCCCNCCc1cccnc1. The number of halogens is 1. The van der Waals surface area contributed by atoms with E-state index < -0.39 is 0 Å². The van der Waals surface area contributed by atoms with Gasteiger partial charge < -0.3 is 5.32 Å². The Morgan fingerprint density at radius 2 is 2.31 bits per heavy atom. The fraction of sp³-hybridized carbons (Fsp3) is 0.500. The number of alkyl halides is 1. The first-order valence-electron chi connectivity index (χ1n) is 4.59. The number of nitrogens with zero attached hydrogens (tertiary/aromatic N) is 1. The van der Waals surface area contributed by atoms with Gasteiger partial charge in [0.25, 0.3) is 0 Å². The van der Waals surface area contributed by atoms with Crippen molar-refractivity contribution in [2.45, 2.75) is 12.8 Å². The van der Waals surface area contributed by atoms with Gasteiger partial charge in [0.2, 0.25) is 0 Å². The van der Waals surface area contributed by atoms with Crippen LogP contribution in [0.5, 0.6) is 0 Å². The predicted octanol–water partition coefficient (Wildman–Crippen LogP) is 1.84. The highest BCUT2D eigenvalue weighted by Crippen LogP contribution is 1.95. The van der Waals surface area contributed by atoms with Crippen molar-refractivity contribution in [2.75, 3.05) is 19.0 Å². The fourth-order valence-electron chi connectivity index (χ4n) is 1.10. The predicted molar refractivity (Wildman–Crippen MR) is 56.1 cm³/mol. The Labute approximate surface area is 84.3 Å². The van der Waals surface area contributed by atoms with Crippen LogP contribution in [-0.2, 0) is 6.42 Å². The second kappa shape index (κ2) is 6.87. The Morgan fingerprint density at radius 1 is 1.38 bits per heavy atom. The van der Waals surface area contributed by atoms with E-state index in [1.54, 1.807) is 6.20 Å². The van der Waals surface area contributed by atoms with E-state index in [-0.39, 0.29) is 0 Å². The molecular weight excluding hydrogens is 184 g/mol. The van der Waals surface area contributed by atoms with Gasteiger partial charge in [-0.3, -0.25) is 4.98 Å². The molecule has 1 heterocycles. The maximum absolute atomic E-state index is 5.55. The molecule has 0 aromatic carbocycles. The van der Waals surface area contributed by atoms with Crippen LogP contribution >= 0.6 is 11.6 Å². The summed E-state index contributed by atoms with van der Waals surface area (Å²) in [7, 11) is 0. The number of pyridine rings is 1. The Bertz CT molecular complexity index is 213. The smallest absolute Gasteiger partial charge is 0.0300 e. The summed E-state index contributed by atoms with van der Waals surface area (Å²) >= 11 is 5.55. The summed E-state index contributed by atoms with van der Waals surface area (Å²) in [5.41, 5.74) is 1.28. The topological polar surface area (TPSA) is 24.9 Å². The Morgan fingerprint density at radius 3 is 3.00 bits per heavy atom. The standard InChI is InChI=1S/C10H15ClN2/c11-5-2-7-12-8-4-10-3-1-6-13-9-10/h1,3,6,9,12H,2,4-5,7-8H2. The van der Waals surface area contributed by atoms with Gasteiger partial charge in [0.1, 0.15) is 0 Å². The molecular formula is C10H15ClN2. The molecule has 0 bridgehead atoms. The van der Waals surface area contributed by atoms with Gasteiger partial charge in [0, 0.05) is 18.3 Å². The van der Waals surface area contributed by atoms with Crippen molar-refractivity contribution < 1.29 is 0 Å². The minimum absolute atomic E-state index is 0.736. The van der Waals surface area contributed by atoms with Crippen molar-refractivity contribution in [3.63, 3.8) is 0 Å². The summed E-state index contributed by atoms with van der Waals surface area (Å²) in [4.78, 5) is 4.05. The number of aromatic nitrogens is 1. The maximum atomic E-state index is 5.55. The molecule has 0 spiro atoms. The fourth-order valence-corrected chi connectivity index (χ4v) is 1.23. The van der Waals surface area contributed by atoms with E-state index >= 15 is 0 Å². The van der Waals surface area contributed by atoms with Crippen LogP contribution in [0.1, 0.15) is 12.0 Å². The largest absolute Gasteiger partial charge is 0.316 e. The molecule has 0 saturated carbocycles. The van der Waals surface area contributed by atoms with Gasteiger partial charge >= 0.3 is 0 Å². The Balaban J connectivity index is 2.07. The van der Waals surface area contributed by atoms with E-state index in [9.17, 15) is 0 Å². The van der Waals surface area contributed by atoms with Crippen LogP contribution in [0.25, 0.3) is 0 Å². The van der Waals surface area contributed by atoms with Gasteiger partial charge in [0.15, 0.2) is 0 Å². The lowest BCUT2D eigenvalue weighted by molar-refractivity contribution is 0.672. The molecule has 0 aliphatic carbocycles. The van der Waals surface area contributed by atoms with E-state index in [4.69, 9.17) is 11.6 Å². The summed E-state index contributed by atoms with van der Waals surface area (Å²) in [6, 6.07) is 4.06. The molecule has 0 atom stereocenters. The van der Waals surface area contributed by atoms with E-state index in [0.29, 0.717) is 0 Å². The monoisotopic (exact) mass is 198 g/mol. The van der Waals surface area contributed by atoms with Gasteiger partial charge in [-0.2, -0.15) is 0 Å². The number of nitrogens with one attached hydrogen (secondary N) is 1. The zero-order valence-electron chi connectivity index (χ0n) is 7.67. The molecule has 1 N–H and O–H groups in total. The molecule has 1 rings (SSSR count). The summed E-state index contributed by atoms with van der Waals surface area (Å²) in [5, 5.41) is 3.32. The van der Waals surface area contributed by atoms with E-state index in [1.165, 1.54) is 5.56 Å². The van der Waals surface area contributed by atoms with Crippen molar-refractivity contribution >= 4 is 11.6 Å². The molecule has 0 aliphatic heterocycles. The lowest BCUT2D eigenvalue weighted by Gasteiger charge is -2.02. The summed E-state index contributed by atoms with van der Waals surface area (Å²) in [6.07, 6.45) is 5.78. The van der Waals surface area contributed by atoms with Crippen LogP contribution in [0.3, 0.4) is 0 Å². The Hall–Kier alpha value is -0.600. The zero-order valence-corrected chi connectivity index (χ0v) is 8.43. The van der Waals surface area contributed by atoms with Crippen molar-refractivity contribution in [3.05, 3.63) is 30.1 Å². The molecule has 3 heteroatoms. The number of hydrogen-bond donors (Lipinski definition) is 1. The molecule has 1 aromatic rings. The number of rotatable bonds is 6. The van der Waals surface area contributed by atoms with Crippen LogP contribution in [-0.4, -0.2) is 24.0 Å². The maximum Gasteiger partial charge on any atom is 0.0300 e. The molecule has 0 saturated heterocycles. The minimum atomic E-state index is 0.736. The zero-order chi connectivity index (χ0) is 9.36. The third-order valence-electron chi connectivity index (χ3n) is 1.80. The number of hydrogen-bond acceptors (Lipinski definition) is 2. The molecule has 13 heavy (non-hydrogen) atoms. The minimum Gasteiger partial charge on any atom is -0.316 e. The Kier molecular flexibility index (Phi) is 5.54. The third-order valence-corrected chi connectivity index (χ3v) is 2.07. The first-order chi connectivity index (χ1) is 6.43. The van der Waals surface area contributed by atoms with E-state index in [0.717, 1.165) is 31.8 Å². The molecule has 1 aromatic heterocycles. The molecule has 0 radical (unpaired) electrons. The molecule has 0 fully saturated rings. The average molecular weight is 199 g/mol. The molecule has 2 nitrogen and oxygen atoms in total. The van der Waals surface area contributed by atoms with Crippen molar-refractivity contribution in [3.8, 4) is 0 Å². The highest BCUT2D eigenvalue weighted by molar-refractivity contribution is 6.17. The summed E-state index contributed by atoms with van der Waals surface area (Å²) in [6.45, 7) is 2.01. The summed E-state index contributed by atoms with van der Waals surface area (Å²) < 4.78 is 0. The normalized spacial score (nSPS) is 10.2. The highest BCUT2D eigenvalue weighted by atomic mass is 35.5. The van der Waals surface area contributed by atoms with Gasteiger partial charge in [-0.05, 0) is 37.6 Å². The molecule has 0 aliphatic rings. The second-order valence-corrected chi connectivity index (χ2v) is 3.28. The molecule has 0 amide bonds. The second-order valence-electron chi connectivity index (χ2n) is 2.90. The third kappa shape index (κ3) is 4.86. The first-order valence-corrected chi connectivity index (χ1v) is 5.12. The van der Waals surface area contributed by atoms with Crippen molar-refractivity contribution in [1.29, 1.82) is 0 Å². The lowest BCUT2D eigenvalue weighted by Crippen LogP contribution is -2.18. The lowest BCUT2D eigenvalue weighted by atomic mass is 10.2. The molecule has 72 valence electrons. The van der Waals surface area contributed by atoms with E-state index in [2.05, 4.69) is 16.4 Å². The summed E-state index contributed by atoms with van der Waals surface area (Å²) in [5.74, 6) is 0.736. The van der Waals surface area contributed by atoms with Crippen LogP contribution in [0, 0.1) is 0 Å². The highest BCUT2D eigenvalue weighted by Gasteiger charge is 1.91. The van der Waals surface area contributed by atoms with E-state index in [1.807, 2.05) is 12.3 Å². The molecule has 0 unspecified atom stereocenters. The van der Waals surface area contributed by atoms with Gasteiger partial charge in [0.05, 0.1) is 0 Å². The first kappa shape index (κ1) is 10.5. The van der Waals surface area contributed by atoms with Crippen LogP contribution in [0.2, 0.25) is 0 Å².